The molecule has 3 rings (SSSR count). The number of carbonyl (C=O) groups is 1. The molecular weight excluding hydrogens is 349 g/mol. The summed E-state index contributed by atoms with van der Waals surface area (Å²) in [4.78, 5) is 11.5. The van der Waals surface area contributed by atoms with Gasteiger partial charge in [-0.1, -0.05) is 11.6 Å². The minimum atomic E-state index is -4.00. The number of sulfonamides is 1. The van der Waals surface area contributed by atoms with Crippen LogP contribution in [0.5, 0.6) is 0 Å². The van der Waals surface area contributed by atoms with Gasteiger partial charge in [0.05, 0.1) is 11.6 Å². The monoisotopic (exact) mass is 363 g/mol. The highest BCUT2D eigenvalue weighted by molar-refractivity contribution is 7.89. The molecule has 2 aliphatic rings. The smallest absolute Gasteiger partial charge is 0.313 e. The van der Waals surface area contributed by atoms with Crippen molar-refractivity contribution in [2.75, 3.05) is 26.3 Å². The Labute approximate surface area is 137 Å². The quantitative estimate of drug-likeness (QED) is 0.881. The molecule has 6 nitrogen and oxygen atoms in total. The number of rotatable bonds is 3. The molecule has 0 unspecified atom stereocenters. The first-order valence-electron chi connectivity index (χ1n) is 7.04. The van der Waals surface area contributed by atoms with Gasteiger partial charge in [0.1, 0.15) is 16.1 Å². The molecule has 2 heterocycles. The summed E-state index contributed by atoms with van der Waals surface area (Å²) in [6.45, 7) is 0.301. The maximum absolute atomic E-state index is 13.1. The van der Waals surface area contributed by atoms with Crippen LogP contribution in [0.4, 0.5) is 4.39 Å². The summed E-state index contributed by atoms with van der Waals surface area (Å²) in [7, 11) is -4.00. The van der Waals surface area contributed by atoms with Gasteiger partial charge in [-0.25, -0.2) is 12.8 Å². The molecule has 0 amide bonds. The molecule has 0 aliphatic carbocycles. The van der Waals surface area contributed by atoms with Gasteiger partial charge in [0, 0.05) is 19.7 Å². The van der Waals surface area contributed by atoms with Gasteiger partial charge in [0.15, 0.2) is 0 Å². The highest BCUT2D eigenvalue weighted by Gasteiger charge is 2.56. The zero-order chi connectivity index (χ0) is 16.8. The molecule has 2 atom stereocenters. The second-order valence-electron chi connectivity index (χ2n) is 5.87. The van der Waals surface area contributed by atoms with E-state index in [-0.39, 0.29) is 35.5 Å². The average Bonchev–Trinajstić information content (AvgIpc) is 2.88. The number of ether oxygens (including phenoxy) is 1. The van der Waals surface area contributed by atoms with Gasteiger partial charge in [-0.05, 0) is 30.5 Å². The summed E-state index contributed by atoms with van der Waals surface area (Å²) >= 11 is 5.86. The Morgan fingerprint density at radius 2 is 2.22 bits per heavy atom. The van der Waals surface area contributed by atoms with Crippen LogP contribution >= 0.6 is 11.6 Å². The molecular formula is C14H15ClFNO5S. The molecule has 126 valence electrons. The zero-order valence-corrected chi connectivity index (χ0v) is 13.6. The standard InChI is InChI=1S/C14H15ClFNO5S/c15-11-5-10(16)1-2-12(11)23(20,21)17-6-9-3-4-22-8-14(9,7-17)13(18)19/h1-2,5,9H,3-4,6-8H2,(H,18,19)/t9-,14+/m0/s1. The Bertz CT molecular complexity index is 756. The normalized spacial score (nSPS) is 28.5. The molecule has 1 aromatic rings. The van der Waals surface area contributed by atoms with Gasteiger partial charge in [0.2, 0.25) is 10.0 Å². The molecule has 0 aromatic heterocycles. The molecule has 2 fully saturated rings. The first-order valence-corrected chi connectivity index (χ1v) is 8.85. The fourth-order valence-corrected chi connectivity index (χ4v) is 5.31. The van der Waals surface area contributed by atoms with Crippen LogP contribution in [-0.4, -0.2) is 50.1 Å². The summed E-state index contributed by atoms with van der Waals surface area (Å²) in [6, 6.07) is 3.03. The summed E-state index contributed by atoms with van der Waals surface area (Å²) in [5.41, 5.74) is -1.24. The van der Waals surface area contributed by atoms with Crippen molar-refractivity contribution >= 4 is 27.6 Å². The number of halogens is 2. The lowest BCUT2D eigenvalue weighted by molar-refractivity contribution is -0.159. The molecule has 2 aliphatic heterocycles. The maximum Gasteiger partial charge on any atom is 0.313 e. The average molecular weight is 364 g/mol. The highest BCUT2D eigenvalue weighted by Crippen LogP contribution is 2.44. The predicted molar refractivity (Wildman–Crippen MR) is 79.2 cm³/mol. The van der Waals surface area contributed by atoms with Crippen LogP contribution in [0, 0.1) is 17.2 Å². The summed E-state index contributed by atoms with van der Waals surface area (Å²) in [6.07, 6.45) is 0.482. The number of hydrogen-bond acceptors (Lipinski definition) is 4. The Balaban J connectivity index is 1.97. The van der Waals surface area contributed by atoms with E-state index in [1.54, 1.807) is 0 Å². The van der Waals surface area contributed by atoms with E-state index >= 15 is 0 Å². The van der Waals surface area contributed by atoms with Crippen LogP contribution in [-0.2, 0) is 19.6 Å². The van der Waals surface area contributed by atoms with E-state index in [1.807, 2.05) is 0 Å². The number of nitrogens with zero attached hydrogens (tertiary/aromatic N) is 1. The number of benzene rings is 1. The van der Waals surface area contributed by atoms with Gasteiger partial charge in [-0.15, -0.1) is 0 Å². The molecule has 0 saturated carbocycles. The molecule has 0 bridgehead atoms. The van der Waals surface area contributed by atoms with Gasteiger partial charge >= 0.3 is 5.97 Å². The second kappa shape index (κ2) is 5.70. The van der Waals surface area contributed by atoms with E-state index in [4.69, 9.17) is 16.3 Å². The van der Waals surface area contributed by atoms with Crippen molar-refractivity contribution < 1.29 is 27.4 Å². The third kappa shape index (κ3) is 2.63. The summed E-state index contributed by atoms with van der Waals surface area (Å²) in [5, 5.41) is 9.35. The molecule has 1 N–H and O–H groups in total. The van der Waals surface area contributed by atoms with E-state index in [0.717, 1.165) is 22.5 Å². The number of carboxylic acid groups (broad SMARTS) is 1. The van der Waals surface area contributed by atoms with Crippen molar-refractivity contribution in [2.45, 2.75) is 11.3 Å². The Kier molecular flexibility index (Phi) is 4.12. The number of fused-ring (bicyclic) bond motifs is 1. The lowest BCUT2D eigenvalue weighted by Crippen LogP contribution is -2.46. The lowest BCUT2D eigenvalue weighted by atomic mass is 9.76. The molecule has 1 aromatic carbocycles. The van der Waals surface area contributed by atoms with E-state index in [1.165, 1.54) is 0 Å². The third-order valence-electron chi connectivity index (χ3n) is 4.57. The van der Waals surface area contributed by atoms with Crippen LogP contribution in [0.3, 0.4) is 0 Å². The topological polar surface area (TPSA) is 83.9 Å². The van der Waals surface area contributed by atoms with Gasteiger partial charge in [0.25, 0.3) is 0 Å². The first-order chi connectivity index (χ1) is 10.8. The van der Waals surface area contributed by atoms with Crippen molar-refractivity contribution in [1.82, 2.24) is 4.31 Å². The molecule has 0 radical (unpaired) electrons. The molecule has 23 heavy (non-hydrogen) atoms. The SMILES string of the molecule is O=C(O)[C@]12COCC[C@H]1CN(S(=O)(=O)c1ccc(F)cc1Cl)C2. The van der Waals surface area contributed by atoms with Gasteiger partial charge in [-0.3, -0.25) is 4.79 Å². The summed E-state index contributed by atoms with van der Waals surface area (Å²) < 4.78 is 45.0. The van der Waals surface area contributed by atoms with Crippen molar-refractivity contribution in [3.05, 3.63) is 29.0 Å². The van der Waals surface area contributed by atoms with Crippen LogP contribution in [0.1, 0.15) is 6.42 Å². The van der Waals surface area contributed by atoms with E-state index in [2.05, 4.69) is 0 Å². The van der Waals surface area contributed by atoms with Crippen molar-refractivity contribution in [1.29, 1.82) is 0 Å². The van der Waals surface area contributed by atoms with E-state index < -0.39 is 27.2 Å². The van der Waals surface area contributed by atoms with E-state index in [9.17, 15) is 22.7 Å². The number of aliphatic carboxylic acids is 1. The van der Waals surface area contributed by atoms with Crippen LogP contribution < -0.4 is 0 Å². The number of hydrogen-bond donors (Lipinski definition) is 1. The lowest BCUT2D eigenvalue weighted by Gasteiger charge is -2.34. The van der Waals surface area contributed by atoms with E-state index in [0.29, 0.717) is 13.0 Å². The Morgan fingerprint density at radius 1 is 1.48 bits per heavy atom. The summed E-state index contributed by atoms with van der Waals surface area (Å²) in [5.74, 6) is -2.02. The number of carboxylic acids is 1. The zero-order valence-electron chi connectivity index (χ0n) is 12.0. The van der Waals surface area contributed by atoms with Crippen molar-refractivity contribution in [2.24, 2.45) is 11.3 Å². The predicted octanol–water partition coefficient (Wildman–Crippen LogP) is 1.59. The minimum Gasteiger partial charge on any atom is -0.481 e. The Hall–Kier alpha value is -1.22. The fraction of sp³-hybridized carbons (Fsp3) is 0.500. The van der Waals surface area contributed by atoms with Gasteiger partial charge < -0.3 is 9.84 Å². The van der Waals surface area contributed by atoms with Crippen LogP contribution in [0.25, 0.3) is 0 Å². The maximum atomic E-state index is 13.1. The van der Waals surface area contributed by atoms with Crippen LogP contribution in [0.15, 0.2) is 23.1 Å². The van der Waals surface area contributed by atoms with Crippen LogP contribution in [0.2, 0.25) is 5.02 Å². The van der Waals surface area contributed by atoms with Crippen molar-refractivity contribution in [3.63, 3.8) is 0 Å². The minimum absolute atomic E-state index is 0.0177. The third-order valence-corrected chi connectivity index (χ3v) is 6.87. The molecule has 9 heteroatoms. The largest absolute Gasteiger partial charge is 0.481 e. The van der Waals surface area contributed by atoms with Gasteiger partial charge in [-0.2, -0.15) is 4.31 Å². The highest BCUT2D eigenvalue weighted by atomic mass is 35.5. The first kappa shape index (κ1) is 16.6. The molecule has 2 saturated heterocycles. The fourth-order valence-electron chi connectivity index (χ4n) is 3.25. The Morgan fingerprint density at radius 3 is 2.83 bits per heavy atom. The second-order valence-corrected chi connectivity index (χ2v) is 8.19. The van der Waals surface area contributed by atoms with Crippen molar-refractivity contribution in [3.8, 4) is 0 Å². The molecule has 0 spiro atoms.